The summed E-state index contributed by atoms with van der Waals surface area (Å²) in [6.07, 6.45) is 9.43. The van der Waals surface area contributed by atoms with Gasteiger partial charge in [0, 0.05) is 48.9 Å². The lowest BCUT2D eigenvalue weighted by molar-refractivity contribution is 0.806. The molecule has 4 aromatic heterocycles. The minimum Gasteiger partial charge on any atom is -0.375 e. The largest absolute Gasteiger partial charge is 0.375 e. The monoisotopic (exact) mass is 364 g/mol. The third kappa shape index (κ3) is 2.77. The van der Waals surface area contributed by atoms with Crippen molar-refractivity contribution in [3.8, 4) is 17.1 Å². The first-order valence-electron chi connectivity index (χ1n) is 8.64. The number of hydrogen-bond acceptors (Lipinski definition) is 6. The van der Waals surface area contributed by atoms with E-state index in [1.807, 2.05) is 39.0 Å². The van der Waals surface area contributed by atoms with Gasteiger partial charge in [-0.3, -0.25) is 9.89 Å². The molecule has 0 saturated carbocycles. The molecule has 138 valence electrons. The number of aromatic amines is 1. The summed E-state index contributed by atoms with van der Waals surface area (Å²) in [6, 6.07) is 0. The summed E-state index contributed by atoms with van der Waals surface area (Å²) in [5.41, 5.74) is 4.51. The van der Waals surface area contributed by atoms with Gasteiger partial charge in [0.2, 0.25) is 0 Å². The van der Waals surface area contributed by atoms with Crippen molar-refractivity contribution in [3.63, 3.8) is 0 Å². The maximum atomic E-state index is 12.6. The number of aromatic nitrogens is 7. The molecule has 0 amide bonds. The van der Waals surface area contributed by atoms with Gasteiger partial charge in [-0.1, -0.05) is 6.92 Å². The van der Waals surface area contributed by atoms with Gasteiger partial charge >= 0.3 is 0 Å². The highest BCUT2D eigenvalue weighted by Gasteiger charge is 2.15. The Morgan fingerprint density at radius 1 is 1.19 bits per heavy atom. The number of rotatable bonds is 4. The Morgan fingerprint density at radius 3 is 2.59 bits per heavy atom. The molecular weight excluding hydrogens is 344 g/mol. The molecule has 9 nitrogen and oxygen atoms in total. The Kier molecular flexibility index (Phi) is 3.98. The highest BCUT2D eigenvalue weighted by atomic mass is 16.1. The molecule has 0 saturated heterocycles. The smallest absolute Gasteiger partial charge is 0.276 e. The van der Waals surface area contributed by atoms with Gasteiger partial charge in [-0.15, -0.1) is 0 Å². The lowest BCUT2D eigenvalue weighted by atomic mass is 10.1. The molecule has 0 radical (unpaired) electrons. The van der Waals surface area contributed by atoms with Gasteiger partial charge in [0.1, 0.15) is 0 Å². The third-order valence-corrected chi connectivity index (χ3v) is 4.56. The molecule has 1 N–H and O–H groups in total. The van der Waals surface area contributed by atoms with Gasteiger partial charge in [0.25, 0.3) is 11.5 Å². The zero-order chi connectivity index (χ0) is 19.1. The molecule has 0 fully saturated rings. The van der Waals surface area contributed by atoms with Crippen molar-refractivity contribution in [2.75, 3.05) is 19.0 Å². The van der Waals surface area contributed by atoms with E-state index in [9.17, 15) is 4.79 Å². The molecule has 4 heterocycles. The first-order chi connectivity index (χ1) is 13.0. The molecule has 0 bridgehead atoms. The normalized spacial score (nSPS) is 11.3. The molecule has 0 aliphatic carbocycles. The number of hydrogen-bond donors (Lipinski definition) is 1. The molecule has 0 aliphatic heterocycles. The van der Waals surface area contributed by atoms with Crippen molar-refractivity contribution in [1.82, 2.24) is 34.3 Å². The van der Waals surface area contributed by atoms with Gasteiger partial charge in [-0.05, 0) is 13.3 Å². The maximum Gasteiger partial charge on any atom is 0.276 e. The lowest BCUT2D eigenvalue weighted by Crippen LogP contribution is -2.21. The van der Waals surface area contributed by atoms with Crippen LogP contribution in [0, 0.1) is 6.92 Å². The highest BCUT2D eigenvalue weighted by Crippen LogP contribution is 2.23. The number of aryl methyl sites for hydroxylation is 1. The molecule has 0 unspecified atom stereocenters. The summed E-state index contributed by atoms with van der Waals surface area (Å²) in [6.45, 7) is 3.81. The number of nitrogens with one attached hydrogen (secondary N) is 1. The summed E-state index contributed by atoms with van der Waals surface area (Å²) < 4.78 is 3.07. The molecule has 4 rings (SSSR count). The zero-order valence-corrected chi connectivity index (χ0v) is 15.6. The van der Waals surface area contributed by atoms with Gasteiger partial charge in [0.15, 0.2) is 5.65 Å². The summed E-state index contributed by atoms with van der Waals surface area (Å²) >= 11 is 0. The number of H-pyrrole nitrogens is 1. The van der Waals surface area contributed by atoms with Crippen molar-refractivity contribution in [1.29, 1.82) is 0 Å². The minimum atomic E-state index is -0.0683. The fourth-order valence-electron chi connectivity index (χ4n) is 3.01. The fourth-order valence-corrected chi connectivity index (χ4v) is 3.01. The van der Waals surface area contributed by atoms with Crippen LogP contribution in [-0.2, 0) is 6.42 Å². The van der Waals surface area contributed by atoms with Crippen LogP contribution in [0.2, 0.25) is 0 Å². The van der Waals surface area contributed by atoms with E-state index in [-0.39, 0.29) is 5.56 Å². The molecule has 4 aromatic rings. The van der Waals surface area contributed by atoms with E-state index < -0.39 is 0 Å². The molecule has 9 heteroatoms. The Bertz CT molecular complexity index is 1170. The zero-order valence-electron chi connectivity index (χ0n) is 15.6. The van der Waals surface area contributed by atoms with Crippen LogP contribution in [0.5, 0.6) is 0 Å². The van der Waals surface area contributed by atoms with Crippen LogP contribution in [0.15, 0.2) is 35.8 Å². The van der Waals surface area contributed by atoms with Crippen molar-refractivity contribution in [2.24, 2.45) is 0 Å². The Labute approximate surface area is 155 Å². The van der Waals surface area contributed by atoms with Crippen LogP contribution in [0.3, 0.4) is 0 Å². The molecule has 0 aromatic carbocycles. The second kappa shape index (κ2) is 6.35. The summed E-state index contributed by atoms with van der Waals surface area (Å²) in [4.78, 5) is 27.8. The van der Waals surface area contributed by atoms with Crippen molar-refractivity contribution < 1.29 is 0 Å². The van der Waals surface area contributed by atoms with E-state index in [0.29, 0.717) is 23.6 Å². The highest BCUT2D eigenvalue weighted by molar-refractivity contribution is 5.76. The van der Waals surface area contributed by atoms with E-state index in [2.05, 4.69) is 25.1 Å². The minimum absolute atomic E-state index is 0.0683. The van der Waals surface area contributed by atoms with Crippen molar-refractivity contribution in [2.45, 2.75) is 20.3 Å². The van der Waals surface area contributed by atoms with Gasteiger partial charge < -0.3 is 4.90 Å². The predicted molar refractivity (Wildman–Crippen MR) is 102 cm³/mol. The number of fused-ring (bicyclic) bond motifs is 1. The second-order valence-electron chi connectivity index (χ2n) is 6.49. The molecule has 0 atom stereocenters. The molecule has 0 spiro atoms. The standard InChI is InChI=1S/C18H20N8O/c1-5-14-11(2)23-16-15(9-22-26(16)17(14)27)12-6-21-25(10-12)18-19-7-13(8-20-18)24(3)4/h6-10,22H,5H2,1-4H3. The summed E-state index contributed by atoms with van der Waals surface area (Å²) in [5.74, 6) is 0.473. The van der Waals surface area contributed by atoms with Crippen LogP contribution >= 0.6 is 0 Å². The summed E-state index contributed by atoms with van der Waals surface area (Å²) in [7, 11) is 3.87. The molecule has 0 aliphatic rings. The van der Waals surface area contributed by atoms with Gasteiger partial charge in [0.05, 0.1) is 24.3 Å². The Morgan fingerprint density at radius 2 is 1.93 bits per heavy atom. The topological polar surface area (TPSA) is 97.0 Å². The van der Waals surface area contributed by atoms with Crippen LogP contribution in [0.25, 0.3) is 22.7 Å². The SMILES string of the molecule is CCc1c(C)nc2c(-c3cnn(-c4ncc(N(C)C)cn4)c3)c[nH]n2c1=O. The average molecular weight is 364 g/mol. The number of nitrogens with zero attached hydrogens (tertiary/aromatic N) is 7. The molecule has 27 heavy (non-hydrogen) atoms. The fraction of sp³-hybridized carbons (Fsp3) is 0.278. The van der Waals surface area contributed by atoms with E-state index in [1.165, 1.54) is 4.52 Å². The van der Waals surface area contributed by atoms with E-state index in [1.54, 1.807) is 29.5 Å². The average Bonchev–Trinajstić information content (AvgIpc) is 3.29. The van der Waals surface area contributed by atoms with Crippen molar-refractivity contribution >= 4 is 11.3 Å². The third-order valence-electron chi connectivity index (χ3n) is 4.56. The van der Waals surface area contributed by atoms with E-state index in [4.69, 9.17) is 0 Å². The maximum absolute atomic E-state index is 12.6. The quantitative estimate of drug-likeness (QED) is 0.591. The number of anilines is 1. The van der Waals surface area contributed by atoms with Crippen LogP contribution in [-0.4, -0.2) is 48.4 Å². The van der Waals surface area contributed by atoms with Gasteiger partial charge in [-0.25, -0.2) is 24.1 Å². The van der Waals surface area contributed by atoms with Gasteiger partial charge in [-0.2, -0.15) is 5.10 Å². The van der Waals surface area contributed by atoms with Crippen LogP contribution in [0.4, 0.5) is 5.69 Å². The van der Waals surface area contributed by atoms with Crippen molar-refractivity contribution in [3.05, 3.63) is 52.6 Å². The van der Waals surface area contributed by atoms with E-state index >= 15 is 0 Å². The Hall–Kier alpha value is -3.49. The molecular formula is C18H20N8O. The van der Waals surface area contributed by atoms with E-state index in [0.717, 1.165) is 22.5 Å². The first kappa shape index (κ1) is 17.0. The Balaban J connectivity index is 1.76. The first-order valence-corrected chi connectivity index (χ1v) is 8.64. The lowest BCUT2D eigenvalue weighted by Gasteiger charge is -2.10. The van der Waals surface area contributed by atoms with Crippen LogP contribution < -0.4 is 10.5 Å². The second-order valence-corrected chi connectivity index (χ2v) is 6.49. The van der Waals surface area contributed by atoms with Crippen LogP contribution in [0.1, 0.15) is 18.2 Å². The summed E-state index contributed by atoms with van der Waals surface area (Å²) in [5, 5.41) is 7.35. The predicted octanol–water partition coefficient (Wildman–Crippen LogP) is 1.60.